The predicted octanol–water partition coefficient (Wildman–Crippen LogP) is 4.09. The molecule has 1 aromatic rings. The minimum absolute atomic E-state index is 0.589. The summed E-state index contributed by atoms with van der Waals surface area (Å²) in [6, 6.07) is 8.44. The molecule has 2 nitrogen and oxygen atoms in total. The highest BCUT2D eigenvalue weighted by Crippen LogP contribution is 2.28. The van der Waals surface area contributed by atoms with Crippen LogP contribution in [0.15, 0.2) is 29.2 Å². The maximum absolute atomic E-state index is 11.0. The fourth-order valence-electron chi connectivity index (χ4n) is 1.52. The first-order chi connectivity index (χ1) is 8.31. The Morgan fingerprint density at radius 1 is 1.28 bits per heavy atom. The maximum atomic E-state index is 11.0. The number of carbonyl (C=O) groups is 1. The van der Waals surface area contributed by atoms with Gasteiger partial charge in [-0.3, -0.25) is 4.79 Å². The summed E-state index contributed by atoms with van der Waals surface area (Å²) in [5.41, 5.74) is 0.660. The first kappa shape index (κ1) is 15.1. The molecule has 3 heteroatoms. The van der Waals surface area contributed by atoms with Crippen molar-refractivity contribution in [3.05, 3.63) is 29.8 Å². The highest BCUT2D eigenvalue weighted by atomic mass is 32.2. The van der Waals surface area contributed by atoms with E-state index in [0.29, 0.717) is 11.7 Å². The lowest BCUT2D eigenvalue weighted by Gasteiger charge is -2.18. The van der Waals surface area contributed by atoms with E-state index in [1.807, 2.05) is 0 Å². The Morgan fingerprint density at radius 3 is 2.28 bits per heavy atom. The highest BCUT2D eigenvalue weighted by molar-refractivity contribution is 7.99. The molecule has 0 bridgehead atoms. The van der Waals surface area contributed by atoms with Crippen molar-refractivity contribution < 1.29 is 9.90 Å². The molecule has 18 heavy (non-hydrogen) atoms. The summed E-state index contributed by atoms with van der Waals surface area (Å²) in [5.74, 6) is 0.507. The van der Waals surface area contributed by atoms with Gasteiger partial charge in [-0.25, -0.2) is 0 Å². The average molecular weight is 266 g/mol. The number of rotatable bonds is 6. The van der Waals surface area contributed by atoms with Crippen LogP contribution in [-0.4, -0.2) is 16.8 Å². The smallest absolute Gasteiger partial charge is 0.309 e. The quantitative estimate of drug-likeness (QED) is 0.788. The second-order valence-electron chi connectivity index (χ2n) is 5.72. The Morgan fingerprint density at radius 2 is 1.83 bits per heavy atom. The zero-order valence-corrected chi connectivity index (χ0v) is 12.4. The zero-order chi connectivity index (χ0) is 13.8. The fourth-order valence-corrected chi connectivity index (χ4v) is 2.50. The number of hydrogen-bond donors (Lipinski definition) is 1. The zero-order valence-electron chi connectivity index (χ0n) is 11.6. The molecular weight excluding hydrogens is 244 g/mol. The van der Waals surface area contributed by atoms with Gasteiger partial charge in [0.05, 0.1) is 5.41 Å². The lowest BCUT2D eigenvalue weighted by molar-refractivity contribution is -0.145. The summed E-state index contributed by atoms with van der Waals surface area (Å²) in [7, 11) is 0. The minimum atomic E-state index is -0.744. The van der Waals surface area contributed by atoms with Crippen molar-refractivity contribution in [3.8, 4) is 0 Å². The molecule has 1 N–H and O–H groups in total. The standard InChI is InChI=1S/C15H22O2S/c1-11(2)9-12-5-7-13(8-6-12)18-10-15(3,4)14(16)17/h5-8,11H,9-10H2,1-4H3,(H,16,17). The molecule has 0 spiro atoms. The monoisotopic (exact) mass is 266 g/mol. The van der Waals surface area contributed by atoms with Crippen LogP contribution in [0.1, 0.15) is 33.3 Å². The van der Waals surface area contributed by atoms with Crippen LogP contribution in [0, 0.1) is 11.3 Å². The summed E-state index contributed by atoms with van der Waals surface area (Å²) >= 11 is 1.60. The van der Waals surface area contributed by atoms with Crippen LogP contribution in [0.5, 0.6) is 0 Å². The van der Waals surface area contributed by atoms with Gasteiger partial charge in [-0.2, -0.15) is 0 Å². The van der Waals surface area contributed by atoms with Crippen molar-refractivity contribution in [1.82, 2.24) is 0 Å². The Bertz CT molecular complexity index is 393. The molecule has 0 aromatic heterocycles. The lowest BCUT2D eigenvalue weighted by atomic mass is 9.97. The van der Waals surface area contributed by atoms with Crippen molar-refractivity contribution in [2.24, 2.45) is 11.3 Å². The number of aliphatic carboxylic acids is 1. The van der Waals surface area contributed by atoms with E-state index in [-0.39, 0.29) is 0 Å². The Hall–Kier alpha value is -0.960. The van der Waals surface area contributed by atoms with Crippen LogP contribution < -0.4 is 0 Å². The van der Waals surface area contributed by atoms with E-state index < -0.39 is 11.4 Å². The largest absolute Gasteiger partial charge is 0.481 e. The third-order valence-corrected chi connectivity index (χ3v) is 4.22. The second kappa shape index (κ2) is 6.28. The summed E-state index contributed by atoms with van der Waals surface area (Å²) < 4.78 is 0. The molecule has 0 saturated carbocycles. The predicted molar refractivity (Wildman–Crippen MR) is 77.1 cm³/mol. The minimum Gasteiger partial charge on any atom is -0.481 e. The van der Waals surface area contributed by atoms with E-state index in [9.17, 15) is 4.79 Å². The van der Waals surface area contributed by atoms with Crippen LogP contribution in [0.25, 0.3) is 0 Å². The molecule has 0 aliphatic heterocycles. The molecular formula is C15H22O2S. The van der Waals surface area contributed by atoms with E-state index in [0.717, 1.165) is 11.3 Å². The van der Waals surface area contributed by atoms with Gasteiger partial charge in [-0.05, 0) is 43.9 Å². The molecule has 0 saturated heterocycles. The van der Waals surface area contributed by atoms with Crippen LogP contribution in [0.3, 0.4) is 0 Å². The Kier molecular flexibility index (Phi) is 5.27. The van der Waals surface area contributed by atoms with Gasteiger partial charge in [0, 0.05) is 10.6 Å². The molecule has 0 radical (unpaired) electrons. The van der Waals surface area contributed by atoms with Crippen LogP contribution in [0.2, 0.25) is 0 Å². The molecule has 0 heterocycles. The van der Waals surface area contributed by atoms with Crippen molar-refractivity contribution in [2.45, 2.75) is 39.0 Å². The Balaban J connectivity index is 2.57. The van der Waals surface area contributed by atoms with Crippen molar-refractivity contribution in [2.75, 3.05) is 5.75 Å². The Labute approximate surface area is 114 Å². The SMILES string of the molecule is CC(C)Cc1ccc(SCC(C)(C)C(=O)O)cc1. The normalized spacial score (nSPS) is 11.8. The molecule has 0 aliphatic rings. The molecule has 100 valence electrons. The van der Waals surface area contributed by atoms with Gasteiger partial charge in [0.25, 0.3) is 0 Å². The van der Waals surface area contributed by atoms with Crippen molar-refractivity contribution >= 4 is 17.7 Å². The molecule has 0 amide bonds. The van der Waals surface area contributed by atoms with Crippen LogP contribution >= 0.6 is 11.8 Å². The number of hydrogen-bond acceptors (Lipinski definition) is 2. The lowest BCUT2D eigenvalue weighted by Crippen LogP contribution is -2.26. The summed E-state index contributed by atoms with van der Waals surface area (Å²) in [6.07, 6.45) is 1.09. The van der Waals surface area contributed by atoms with E-state index in [1.54, 1.807) is 25.6 Å². The number of carboxylic acid groups (broad SMARTS) is 1. The number of thioether (sulfide) groups is 1. The third kappa shape index (κ3) is 4.73. The van der Waals surface area contributed by atoms with E-state index in [2.05, 4.69) is 38.1 Å². The summed E-state index contributed by atoms with van der Waals surface area (Å²) in [5, 5.41) is 9.05. The van der Waals surface area contributed by atoms with Gasteiger partial charge in [-0.1, -0.05) is 26.0 Å². The molecule has 1 aromatic carbocycles. The topological polar surface area (TPSA) is 37.3 Å². The highest BCUT2D eigenvalue weighted by Gasteiger charge is 2.26. The fraction of sp³-hybridized carbons (Fsp3) is 0.533. The van der Waals surface area contributed by atoms with Crippen LogP contribution in [0.4, 0.5) is 0 Å². The molecule has 1 rings (SSSR count). The van der Waals surface area contributed by atoms with Gasteiger partial charge in [-0.15, -0.1) is 11.8 Å². The van der Waals surface area contributed by atoms with E-state index in [4.69, 9.17) is 5.11 Å². The van der Waals surface area contributed by atoms with Gasteiger partial charge in [0.15, 0.2) is 0 Å². The van der Waals surface area contributed by atoms with Crippen molar-refractivity contribution in [3.63, 3.8) is 0 Å². The van der Waals surface area contributed by atoms with Gasteiger partial charge in [0.1, 0.15) is 0 Å². The molecule has 0 aliphatic carbocycles. The number of carboxylic acids is 1. The van der Waals surface area contributed by atoms with Crippen molar-refractivity contribution in [1.29, 1.82) is 0 Å². The molecule has 0 fully saturated rings. The number of benzene rings is 1. The van der Waals surface area contributed by atoms with Gasteiger partial charge >= 0.3 is 5.97 Å². The summed E-state index contributed by atoms with van der Waals surface area (Å²) in [6.45, 7) is 7.93. The molecule has 0 unspecified atom stereocenters. The van der Waals surface area contributed by atoms with E-state index >= 15 is 0 Å². The average Bonchev–Trinajstić information content (AvgIpc) is 2.27. The van der Waals surface area contributed by atoms with Crippen LogP contribution in [-0.2, 0) is 11.2 Å². The third-order valence-electron chi connectivity index (χ3n) is 2.75. The maximum Gasteiger partial charge on any atom is 0.309 e. The van der Waals surface area contributed by atoms with Gasteiger partial charge in [0.2, 0.25) is 0 Å². The van der Waals surface area contributed by atoms with E-state index in [1.165, 1.54) is 5.56 Å². The first-order valence-corrected chi connectivity index (χ1v) is 7.25. The molecule has 0 atom stereocenters. The summed E-state index contributed by atoms with van der Waals surface area (Å²) in [4.78, 5) is 12.1. The van der Waals surface area contributed by atoms with Gasteiger partial charge < -0.3 is 5.11 Å². The first-order valence-electron chi connectivity index (χ1n) is 6.26. The second-order valence-corrected chi connectivity index (χ2v) is 6.77.